The first-order valence-corrected chi connectivity index (χ1v) is 45.3. The number of fused-ring (bicyclic) bond motifs is 15. The minimum atomic E-state index is -0.889. The molecule has 684 valence electrons. The highest BCUT2D eigenvalue weighted by molar-refractivity contribution is 6.13. The molecular weight excluding hydrogens is 1700 g/mol. The summed E-state index contributed by atoms with van der Waals surface area (Å²) in [5.74, 6) is -1.92. The first kappa shape index (κ1) is 93.3. The number of aromatic nitrogens is 10. The number of benzene rings is 5. The van der Waals surface area contributed by atoms with E-state index in [4.69, 9.17) is 22.1 Å². The van der Waals surface area contributed by atoms with Crippen LogP contribution in [0.2, 0.25) is 0 Å². The van der Waals surface area contributed by atoms with Gasteiger partial charge in [-0.3, -0.25) is 0 Å². The summed E-state index contributed by atoms with van der Waals surface area (Å²) in [7, 11) is 10.1. The highest BCUT2D eigenvalue weighted by Crippen LogP contribution is 2.45. The predicted octanol–water partition coefficient (Wildman–Crippen LogP) is 27.7. The molecular formula is C112H112F7N10O5+5. The zero-order valence-corrected chi connectivity index (χ0v) is 81.1. The Hall–Kier alpha value is -13.9. The molecule has 15 nitrogen and oxygen atoms in total. The Balaban J connectivity index is 0.000000122. The molecule has 0 amide bonds. The van der Waals surface area contributed by atoms with Crippen LogP contribution >= 0.6 is 0 Å². The number of rotatable bonds is 10. The van der Waals surface area contributed by atoms with Gasteiger partial charge in [-0.25, -0.2) is 31.6 Å². The molecule has 0 fully saturated rings. The number of halogens is 7. The summed E-state index contributed by atoms with van der Waals surface area (Å²) in [4.78, 5) is 19.4. The molecule has 20 rings (SSSR count). The molecule has 0 atom stereocenters. The van der Waals surface area contributed by atoms with Gasteiger partial charge < -0.3 is 22.1 Å². The number of hydrogen-bond donors (Lipinski definition) is 0. The van der Waals surface area contributed by atoms with Crippen molar-refractivity contribution in [3.63, 3.8) is 0 Å². The van der Waals surface area contributed by atoms with E-state index in [1.807, 2.05) is 69.8 Å². The minimum Gasteiger partial charge on any atom is -0.437 e. The fourth-order valence-corrected chi connectivity index (χ4v) is 19.3. The summed E-state index contributed by atoms with van der Waals surface area (Å²) in [6.45, 7) is 46.1. The van der Waals surface area contributed by atoms with Gasteiger partial charge in [0.2, 0.25) is 86.8 Å². The topological polar surface area (TPSA) is 150 Å². The smallest absolute Gasteiger partial charge is 0.232 e. The fraction of sp³-hybridized carbons (Fsp3) is 0.286. The molecule has 0 spiro atoms. The summed E-state index contributed by atoms with van der Waals surface area (Å²) in [6.07, 6.45) is 10.8. The van der Waals surface area contributed by atoms with E-state index in [0.717, 1.165) is 150 Å². The van der Waals surface area contributed by atoms with Crippen molar-refractivity contribution in [3.8, 4) is 56.3 Å². The molecule has 0 saturated carbocycles. The lowest BCUT2D eigenvalue weighted by Crippen LogP contribution is -2.32. The third kappa shape index (κ3) is 17.1. The molecule has 0 aliphatic carbocycles. The van der Waals surface area contributed by atoms with Gasteiger partial charge in [0.1, 0.15) is 46.9 Å². The second kappa shape index (κ2) is 36.2. The Morgan fingerprint density at radius 3 is 0.896 bits per heavy atom. The lowest BCUT2D eigenvalue weighted by molar-refractivity contribution is -0.661. The molecule has 5 aromatic carbocycles. The van der Waals surface area contributed by atoms with E-state index >= 15 is 0 Å². The number of furan rings is 5. The van der Waals surface area contributed by atoms with Crippen LogP contribution in [-0.2, 0) is 35.2 Å². The van der Waals surface area contributed by atoms with Crippen molar-refractivity contribution in [2.45, 2.75) is 182 Å². The van der Waals surface area contributed by atoms with Crippen LogP contribution in [0.25, 0.3) is 167 Å². The molecule has 0 saturated heterocycles. The SMILES string of the molecule is Cc1cc(-c2c(C)cc(F)c3c2oc2nc(F)ccc23)[n+](C)cc1C(C)C.Cc1cc(-c2c(C)ccc3c2oc2nc(F)c(C)cc23)[n+](C)cc1C(C)C.Cc1cc(-c2c(C)ccc3c2oc2nc(F)cc(C)c23)[n+](C)cc1C(C)C.Cc1cc(-c2c(C)ccc3c2oc2nc(F)cc(F)c23)[n+](C)cc1C(C)C.Cc1cc(-c2c(C)ccc3c2oc2nc(F)ccc23)[n+](C)cc1C(C)C. The van der Waals surface area contributed by atoms with Crippen LogP contribution in [0.1, 0.15) is 193 Å². The van der Waals surface area contributed by atoms with Gasteiger partial charge in [-0.2, -0.15) is 46.9 Å². The Morgan fingerprint density at radius 2 is 0.507 bits per heavy atom. The molecule has 0 N–H and O–H groups in total. The van der Waals surface area contributed by atoms with E-state index in [1.165, 1.54) is 80.4 Å². The van der Waals surface area contributed by atoms with E-state index in [2.05, 4.69) is 268 Å². The van der Waals surface area contributed by atoms with Gasteiger partial charge >= 0.3 is 0 Å². The maximum atomic E-state index is 14.8. The highest BCUT2D eigenvalue weighted by atomic mass is 19.2. The van der Waals surface area contributed by atoms with Crippen LogP contribution in [0.5, 0.6) is 0 Å². The summed E-state index contributed by atoms with van der Waals surface area (Å²) < 4.78 is 138. The van der Waals surface area contributed by atoms with E-state index in [9.17, 15) is 30.7 Å². The Morgan fingerprint density at radius 1 is 0.224 bits per heavy atom. The Bertz CT molecular complexity index is 8000. The second-order valence-corrected chi connectivity index (χ2v) is 37.6. The largest absolute Gasteiger partial charge is 0.437 e. The molecule has 0 unspecified atom stereocenters. The molecule has 15 heterocycles. The molecule has 22 heteroatoms. The molecule has 134 heavy (non-hydrogen) atoms. The van der Waals surface area contributed by atoms with Crippen molar-refractivity contribution < 1.29 is 75.7 Å². The summed E-state index contributed by atoms with van der Waals surface area (Å²) in [5.41, 5.74) is 33.3. The van der Waals surface area contributed by atoms with Crippen molar-refractivity contribution in [2.24, 2.45) is 35.2 Å². The number of hydrogen-bond acceptors (Lipinski definition) is 10. The van der Waals surface area contributed by atoms with E-state index in [-0.39, 0.29) is 16.8 Å². The van der Waals surface area contributed by atoms with Gasteiger partial charge in [0.25, 0.3) is 0 Å². The van der Waals surface area contributed by atoms with Gasteiger partial charge in [0, 0.05) is 102 Å². The first-order chi connectivity index (χ1) is 63.5. The van der Waals surface area contributed by atoms with Crippen molar-refractivity contribution in [3.05, 3.63) is 294 Å². The van der Waals surface area contributed by atoms with E-state index < -0.39 is 41.4 Å². The third-order valence-corrected chi connectivity index (χ3v) is 26.1. The van der Waals surface area contributed by atoms with Crippen LogP contribution < -0.4 is 22.8 Å². The van der Waals surface area contributed by atoms with Crippen molar-refractivity contribution >= 4 is 110 Å². The standard InChI is InChI=1S/2C23H24FN2O.2C22H21F2N2O.C22H22FN2O/c1-12(2)18-11-26(6)19(10-14(18)4)20-13(3)7-8-16-17-9-15(5)22(24)25-23(17)27-21(16)20;1-12(2)17-11-26(6)18(9-14(17)4)21-13(3)7-8-16-20-15(5)10-19(24)25-23(20)27-22(16)21;1-11(2)15-10-26(5)17(9-12(15)3)19-13(4)8-16(23)20-14-6-7-18(24)25-22(14)27-21(19)20;1-11(2)15-10-26(5)17(8-13(15)4)19-12(3)6-7-14-20-16(23)9-18(24)25-22(20)27-21(14)19;1-12(2)17-11-25(5)18(10-14(17)4)20-13(3)6-7-15-16-8-9-19(23)24-22(16)26-21(15)20/h2*7-12H,1-6H3;2*6-11H,1-5H3;6-12H,1-5H3/q5*+1. The van der Waals surface area contributed by atoms with Crippen LogP contribution in [0.4, 0.5) is 30.7 Å². The summed E-state index contributed by atoms with van der Waals surface area (Å²) in [5, 5.41) is 7.08. The van der Waals surface area contributed by atoms with Crippen LogP contribution in [0.15, 0.2) is 180 Å². The van der Waals surface area contributed by atoms with Crippen molar-refractivity contribution in [2.75, 3.05) is 0 Å². The average Bonchev–Trinajstić information content (AvgIpc) is 1.60. The lowest BCUT2D eigenvalue weighted by Gasteiger charge is -2.11. The Labute approximate surface area is 774 Å². The van der Waals surface area contributed by atoms with Gasteiger partial charge in [0.15, 0.2) is 58.9 Å². The van der Waals surface area contributed by atoms with Crippen LogP contribution in [0.3, 0.4) is 0 Å². The van der Waals surface area contributed by atoms with Crippen molar-refractivity contribution in [1.29, 1.82) is 0 Å². The zero-order valence-electron chi connectivity index (χ0n) is 81.1. The van der Waals surface area contributed by atoms with Gasteiger partial charge in [0.05, 0.1) is 49.4 Å². The zero-order chi connectivity index (χ0) is 96.4. The number of nitrogens with zero attached hydrogens (tertiary/aromatic N) is 10. The number of aryl methyl sites for hydroxylation is 17. The predicted molar refractivity (Wildman–Crippen MR) is 518 cm³/mol. The van der Waals surface area contributed by atoms with Gasteiger partial charge in [-0.05, 0) is 216 Å². The molecule has 20 aromatic rings. The fourth-order valence-electron chi connectivity index (χ4n) is 19.3. The molecule has 0 radical (unpaired) electrons. The third-order valence-electron chi connectivity index (χ3n) is 26.1. The maximum absolute atomic E-state index is 14.8. The monoisotopic (exact) mass is 1810 g/mol. The molecule has 0 bridgehead atoms. The summed E-state index contributed by atoms with van der Waals surface area (Å²) in [6, 6.07) is 38.4. The Kier molecular flexibility index (Phi) is 25.2. The van der Waals surface area contributed by atoms with E-state index in [0.29, 0.717) is 79.6 Å². The first-order valence-electron chi connectivity index (χ1n) is 45.3. The highest BCUT2D eigenvalue weighted by Gasteiger charge is 2.32. The van der Waals surface area contributed by atoms with Gasteiger partial charge in [-0.15, -0.1) is 0 Å². The average molecular weight is 1810 g/mol. The molecule has 0 aliphatic rings. The van der Waals surface area contributed by atoms with Crippen molar-refractivity contribution in [1.82, 2.24) is 24.9 Å². The normalized spacial score (nSPS) is 11.8. The van der Waals surface area contributed by atoms with Crippen LogP contribution in [0, 0.1) is 124 Å². The number of pyridine rings is 10. The quantitative estimate of drug-likeness (QED) is 0.0735. The lowest BCUT2D eigenvalue weighted by atomic mass is 9.95. The van der Waals surface area contributed by atoms with Gasteiger partial charge in [-0.1, -0.05) is 118 Å². The molecule has 0 aliphatic heterocycles. The minimum absolute atomic E-state index is 0.0208. The molecule has 15 aromatic heterocycles. The van der Waals surface area contributed by atoms with E-state index in [1.54, 1.807) is 19.1 Å². The second-order valence-electron chi connectivity index (χ2n) is 37.6. The summed E-state index contributed by atoms with van der Waals surface area (Å²) >= 11 is 0. The maximum Gasteiger partial charge on any atom is 0.232 e. The van der Waals surface area contributed by atoms with Crippen LogP contribution in [-0.4, -0.2) is 24.9 Å².